The van der Waals surface area contributed by atoms with Crippen molar-refractivity contribution in [3.8, 4) is 0 Å². The van der Waals surface area contributed by atoms with Gasteiger partial charge in [-0.15, -0.1) is 34.9 Å². The lowest BCUT2D eigenvalue weighted by atomic mass is 9.85. The molecule has 0 radical (unpaired) electrons. The number of amides is 5. The summed E-state index contributed by atoms with van der Waals surface area (Å²) in [5.41, 5.74) is -0.706. The highest BCUT2D eigenvalue weighted by Crippen LogP contribution is 2.50. The van der Waals surface area contributed by atoms with Crippen LogP contribution in [-0.2, 0) is 28.7 Å². The Morgan fingerprint density at radius 2 is 1.66 bits per heavy atom. The van der Waals surface area contributed by atoms with Gasteiger partial charge in [0.15, 0.2) is 0 Å². The second-order valence-electron chi connectivity index (χ2n) is 15.3. The first kappa shape index (κ1) is 42.1. The fourth-order valence-electron chi connectivity index (χ4n) is 6.12. The number of thiazole rings is 1. The summed E-state index contributed by atoms with van der Waals surface area (Å²) < 4.78 is 5.03. The molecule has 0 aliphatic carbocycles. The summed E-state index contributed by atoms with van der Waals surface area (Å²) in [4.78, 5) is 86.8. The van der Waals surface area contributed by atoms with Crippen LogP contribution in [0.15, 0.2) is 41.9 Å². The van der Waals surface area contributed by atoms with E-state index in [0.29, 0.717) is 17.8 Å². The number of thioether (sulfide) groups is 2. The fourth-order valence-corrected chi connectivity index (χ4v) is 10.2. The number of benzene rings is 1. The van der Waals surface area contributed by atoms with Gasteiger partial charge in [0, 0.05) is 24.5 Å². The second kappa shape index (κ2) is 18.1. The molecule has 16 heteroatoms. The summed E-state index contributed by atoms with van der Waals surface area (Å²) in [6, 6.07) is 5.60. The van der Waals surface area contributed by atoms with Crippen molar-refractivity contribution in [1.82, 2.24) is 31.2 Å². The standard InChI is InChI=1S/C37H52N6O7S3/c1-8-13-24(28(45)31(47)39-21-26(44)41-27(32-38-16-19-51-32)23-14-10-9-11-15-23)40-30(46)25-20-37(52-17-12-18-53-37)22-43(25)33(48)29(35(2,3)4)42-34(49)50-36(5,6)7/h9-11,14-16,19,24-25,27,29H,8,12-13,17-18,20-22H2,1-7H3,(H,39,47)(H,40,46)(H,41,44)(H,42,49)/t24?,25-,27?,29-/m0/s1. The summed E-state index contributed by atoms with van der Waals surface area (Å²) in [5.74, 6) is -1.65. The highest BCUT2D eigenvalue weighted by atomic mass is 32.2. The molecule has 53 heavy (non-hydrogen) atoms. The second-order valence-corrected chi connectivity index (χ2v) is 19.4. The van der Waals surface area contributed by atoms with Gasteiger partial charge in [-0.3, -0.25) is 24.0 Å². The highest BCUT2D eigenvalue weighted by Gasteiger charge is 2.53. The van der Waals surface area contributed by atoms with Gasteiger partial charge in [-0.1, -0.05) is 64.4 Å². The Morgan fingerprint density at radius 1 is 0.981 bits per heavy atom. The van der Waals surface area contributed by atoms with Gasteiger partial charge in [0.1, 0.15) is 28.7 Å². The molecule has 2 aliphatic rings. The molecule has 2 aromatic rings. The normalized spacial score (nSPS) is 18.7. The summed E-state index contributed by atoms with van der Waals surface area (Å²) >= 11 is 4.80. The molecule has 2 fully saturated rings. The Kier molecular flexibility index (Phi) is 14.4. The predicted molar refractivity (Wildman–Crippen MR) is 208 cm³/mol. The zero-order chi connectivity index (χ0) is 39.0. The van der Waals surface area contributed by atoms with Crippen LogP contribution in [0.5, 0.6) is 0 Å². The summed E-state index contributed by atoms with van der Waals surface area (Å²) in [7, 11) is 0. The number of aromatic nitrogens is 1. The van der Waals surface area contributed by atoms with E-state index in [1.165, 1.54) is 16.2 Å². The topological polar surface area (TPSA) is 176 Å². The summed E-state index contributed by atoms with van der Waals surface area (Å²) in [6.07, 6.45) is 2.89. The number of ketones is 1. The molecule has 4 N–H and O–H groups in total. The van der Waals surface area contributed by atoms with Crippen LogP contribution in [0.3, 0.4) is 0 Å². The summed E-state index contributed by atoms with van der Waals surface area (Å²) in [5, 5.41) is 13.3. The van der Waals surface area contributed by atoms with E-state index in [2.05, 4.69) is 26.3 Å². The first-order chi connectivity index (χ1) is 24.9. The maximum Gasteiger partial charge on any atom is 0.408 e. The quantitative estimate of drug-likeness (QED) is 0.213. The van der Waals surface area contributed by atoms with E-state index in [1.54, 1.807) is 55.9 Å². The average Bonchev–Trinajstić information content (AvgIpc) is 3.76. The third-order valence-electron chi connectivity index (χ3n) is 8.65. The number of rotatable bonds is 13. The number of nitrogens with zero attached hydrogens (tertiary/aromatic N) is 2. The molecule has 2 unspecified atom stereocenters. The zero-order valence-corrected chi connectivity index (χ0v) is 33.9. The molecule has 1 aromatic heterocycles. The van der Waals surface area contributed by atoms with Crippen molar-refractivity contribution in [2.45, 2.75) is 108 Å². The smallest absolute Gasteiger partial charge is 0.408 e. The van der Waals surface area contributed by atoms with Gasteiger partial charge in [0.25, 0.3) is 5.91 Å². The molecule has 13 nitrogen and oxygen atoms in total. The molecule has 0 saturated carbocycles. The number of carbonyl (C=O) groups excluding carboxylic acids is 6. The minimum atomic E-state index is -1.18. The van der Waals surface area contributed by atoms with Gasteiger partial charge < -0.3 is 30.9 Å². The van der Waals surface area contributed by atoms with E-state index < -0.39 is 81.3 Å². The Morgan fingerprint density at radius 3 is 2.25 bits per heavy atom. The van der Waals surface area contributed by atoms with Crippen molar-refractivity contribution in [2.24, 2.45) is 5.41 Å². The van der Waals surface area contributed by atoms with E-state index in [0.717, 1.165) is 23.5 Å². The molecule has 2 aliphatic heterocycles. The van der Waals surface area contributed by atoms with Crippen LogP contribution in [0.25, 0.3) is 0 Å². The molecule has 4 rings (SSSR count). The number of nitrogens with one attached hydrogen (secondary N) is 4. The minimum absolute atomic E-state index is 0.171. The monoisotopic (exact) mass is 788 g/mol. The number of ether oxygens (including phenoxy) is 1. The Bertz CT molecular complexity index is 1600. The van der Waals surface area contributed by atoms with Crippen molar-refractivity contribution in [3.05, 3.63) is 52.5 Å². The third-order valence-corrected chi connectivity index (χ3v) is 12.8. The SMILES string of the molecule is CCCC(NC(=O)[C@@H]1CC2(CN1C(=O)[C@H](NC(=O)OC(C)(C)C)C(C)(C)C)SCCCS2)C(=O)C(=O)NCC(=O)NC(c1ccccc1)c1nccs1. The Balaban J connectivity index is 1.47. The lowest BCUT2D eigenvalue weighted by Crippen LogP contribution is -2.59. The van der Waals surface area contributed by atoms with Crippen molar-refractivity contribution >= 4 is 70.4 Å². The number of hydrogen-bond acceptors (Lipinski definition) is 11. The molecule has 0 bridgehead atoms. The number of hydrogen-bond donors (Lipinski definition) is 4. The van der Waals surface area contributed by atoms with Crippen LogP contribution in [0.1, 0.15) is 90.8 Å². The van der Waals surface area contributed by atoms with E-state index in [4.69, 9.17) is 4.74 Å². The van der Waals surface area contributed by atoms with Gasteiger partial charge in [0.2, 0.25) is 23.5 Å². The van der Waals surface area contributed by atoms with Crippen LogP contribution in [0, 0.1) is 5.41 Å². The van der Waals surface area contributed by atoms with Crippen molar-refractivity contribution < 1.29 is 33.5 Å². The molecular formula is C37H52N6O7S3. The molecule has 2 saturated heterocycles. The first-order valence-corrected chi connectivity index (χ1v) is 20.7. The lowest BCUT2D eigenvalue weighted by molar-refractivity contribution is -0.144. The zero-order valence-electron chi connectivity index (χ0n) is 31.5. The molecule has 1 spiro atoms. The van der Waals surface area contributed by atoms with E-state index in [1.807, 2.05) is 58.0 Å². The largest absolute Gasteiger partial charge is 0.444 e. The molecule has 1 aromatic carbocycles. The van der Waals surface area contributed by atoms with E-state index in [9.17, 15) is 28.8 Å². The Labute approximate surface area is 324 Å². The Hall–Kier alpha value is -3.63. The van der Waals surface area contributed by atoms with Gasteiger partial charge in [0.05, 0.1) is 16.7 Å². The first-order valence-electron chi connectivity index (χ1n) is 17.9. The van der Waals surface area contributed by atoms with Gasteiger partial charge in [-0.05, 0) is 56.1 Å². The number of Topliss-reactive ketones (excluding diaryl/α,β-unsaturated/α-hetero) is 1. The highest BCUT2D eigenvalue weighted by molar-refractivity contribution is 8.18. The molecule has 4 atom stereocenters. The third kappa shape index (κ3) is 11.7. The van der Waals surface area contributed by atoms with E-state index >= 15 is 0 Å². The number of alkyl carbamates (subject to hydrolysis) is 1. The van der Waals surface area contributed by atoms with Crippen LogP contribution in [0.2, 0.25) is 0 Å². The summed E-state index contributed by atoms with van der Waals surface area (Å²) in [6.45, 7) is 12.3. The maximum atomic E-state index is 14.4. The van der Waals surface area contributed by atoms with Crippen molar-refractivity contribution in [1.29, 1.82) is 0 Å². The lowest BCUT2D eigenvalue weighted by Gasteiger charge is -2.36. The average molecular weight is 789 g/mol. The van der Waals surface area contributed by atoms with Crippen LogP contribution >= 0.6 is 34.9 Å². The minimum Gasteiger partial charge on any atom is -0.444 e. The van der Waals surface area contributed by atoms with Gasteiger partial charge in [-0.25, -0.2) is 9.78 Å². The number of carbonyl (C=O) groups is 6. The maximum absolute atomic E-state index is 14.4. The van der Waals surface area contributed by atoms with Crippen molar-refractivity contribution in [2.75, 3.05) is 24.6 Å². The van der Waals surface area contributed by atoms with Crippen molar-refractivity contribution in [3.63, 3.8) is 0 Å². The van der Waals surface area contributed by atoms with Crippen LogP contribution in [0.4, 0.5) is 4.79 Å². The number of likely N-dealkylation sites (tertiary alicyclic amines) is 1. The van der Waals surface area contributed by atoms with Gasteiger partial charge in [-0.2, -0.15) is 0 Å². The van der Waals surface area contributed by atoms with Gasteiger partial charge >= 0.3 is 6.09 Å². The molecule has 3 heterocycles. The molecule has 5 amide bonds. The van der Waals surface area contributed by atoms with E-state index in [-0.39, 0.29) is 13.0 Å². The molecule has 290 valence electrons. The van der Waals surface area contributed by atoms with Crippen LogP contribution in [-0.4, -0.2) is 97.8 Å². The predicted octanol–water partition coefficient (Wildman–Crippen LogP) is 4.43. The molecular weight excluding hydrogens is 737 g/mol. The fraction of sp³-hybridized carbons (Fsp3) is 0.595. The van der Waals surface area contributed by atoms with Crippen LogP contribution < -0.4 is 21.3 Å².